The van der Waals surface area contributed by atoms with Gasteiger partial charge in [0.1, 0.15) is 5.60 Å². The summed E-state index contributed by atoms with van der Waals surface area (Å²) in [5.41, 5.74) is 0.834. The second-order valence-electron chi connectivity index (χ2n) is 7.41. The first-order valence-electron chi connectivity index (χ1n) is 7.99. The number of ether oxygens (including phenoxy) is 1. The van der Waals surface area contributed by atoms with Gasteiger partial charge in [-0.25, -0.2) is 4.79 Å². The number of aromatic nitrogens is 1. The van der Waals surface area contributed by atoms with Crippen molar-refractivity contribution < 1.29 is 9.53 Å². The second-order valence-corrected chi connectivity index (χ2v) is 7.41. The van der Waals surface area contributed by atoms with Gasteiger partial charge in [-0.2, -0.15) is 0 Å². The molecular weight excluding hydrogens is 278 g/mol. The molecule has 3 unspecified atom stereocenters. The summed E-state index contributed by atoms with van der Waals surface area (Å²) >= 11 is 0. The molecule has 2 aliphatic rings. The predicted octanol–water partition coefficient (Wildman–Crippen LogP) is 2.60. The molecular formula is C17H25N3O2. The molecule has 0 bridgehead atoms. The molecule has 2 heterocycles. The summed E-state index contributed by atoms with van der Waals surface area (Å²) < 4.78 is 5.44. The maximum absolute atomic E-state index is 12.1. The highest BCUT2D eigenvalue weighted by molar-refractivity contribution is 5.69. The molecule has 2 fully saturated rings. The van der Waals surface area contributed by atoms with E-state index in [1.165, 1.54) is 5.56 Å². The Morgan fingerprint density at radius 1 is 1.32 bits per heavy atom. The summed E-state index contributed by atoms with van der Waals surface area (Å²) in [5.74, 6) is 1.13. The molecule has 1 N–H and O–H groups in total. The van der Waals surface area contributed by atoms with E-state index in [1.54, 1.807) is 0 Å². The summed E-state index contributed by atoms with van der Waals surface area (Å²) in [6.07, 6.45) is 3.47. The van der Waals surface area contributed by atoms with Crippen molar-refractivity contribution in [2.45, 2.75) is 45.4 Å². The molecule has 0 aromatic carbocycles. The van der Waals surface area contributed by atoms with Gasteiger partial charge in [0.05, 0.1) is 0 Å². The van der Waals surface area contributed by atoms with Gasteiger partial charge in [-0.05, 0) is 57.2 Å². The first-order chi connectivity index (χ1) is 10.3. The summed E-state index contributed by atoms with van der Waals surface area (Å²) in [5, 5.41) is 3.67. The lowest BCUT2D eigenvalue weighted by atomic mass is 10.1. The van der Waals surface area contributed by atoms with Crippen LogP contribution < -0.4 is 5.32 Å². The van der Waals surface area contributed by atoms with E-state index in [0.717, 1.165) is 13.1 Å². The number of likely N-dealkylation sites (tertiary alicyclic amines) is 1. The third-order valence-electron chi connectivity index (χ3n) is 4.49. The van der Waals surface area contributed by atoms with E-state index in [9.17, 15) is 4.79 Å². The smallest absolute Gasteiger partial charge is 0.410 e. The number of pyridine rings is 1. The third kappa shape index (κ3) is 3.24. The number of fused-ring (bicyclic) bond motifs is 1. The standard InChI is InChI=1S/C17H25N3O2/c1-11(12-5-7-18-8-6-12)19-15-13-9-20(10-14(13)15)16(21)22-17(2,3)4/h5-8,11,13-15,19H,9-10H2,1-4H3. The maximum Gasteiger partial charge on any atom is 0.410 e. The molecule has 0 spiro atoms. The van der Waals surface area contributed by atoms with Gasteiger partial charge < -0.3 is 15.0 Å². The van der Waals surface area contributed by atoms with Crippen LogP contribution in [0.4, 0.5) is 4.79 Å². The molecule has 1 saturated carbocycles. The number of hydrogen-bond donors (Lipinski definition) is 1. The number of nitrogens with zero attached hydrogens (tertiary/aromatic N) is 2. The van der Waals surface area contributed by atoms with E-state index < -0.39 is 5.60 Å². The molecule has 5 nitrogen and oxygen atoms in total. The van der Waals surface area contributed by atoms with Gasteiger partial charge in [0.2, 0.25) is 0 Å². The first-order valence-corrected chi connectivity index (χ1v) is 7.99. The van der Waals surface area contributed by atoms with Gasteiger partial charge in [0.25, 0.3) is 0 Å². The van der Waals surface area contributed by atoms with E-state index in [2.05, 4.69) is 17.2 Å². The van der Waals surface area contributed by atoms with Crippen molar-refractivity contribution in [2.75, 3.05) is 13.1 Å². The molecule has 0 radical (unpaired) electrons. The van der Waals surface area contributed by atoms with Crippen molar-refractivity contribution in [3.05, 3.63) is 30.1 Å². The van der Waals surface area contributed by atoms with E-state index in [0.29, 0.717) is 23.9 Å². The quantitative estimate of drug-likeness (QED) is 0.932. The minimum absolute atomic E-state index is 0.180. The van der Waals surface area contributed by atoms with Crippen LogP contribution in [0.1, 0.15) is 39.3 Å². The Bertz CT molecular complexity index is 529. The molecule has 1 amide bonds. The van der Waals surface area contributed by atoms with Gasteiger partial charge in [-0.3, -0.25) is 4.98 Å². The van der Waals surface area contributed by atoms with Crippen LogP contribution in [0.3, 0.4) is 0 Å². The minimum Gasteiger partial charge on any atom is -0.444 e. The average Bonchev–Trinajstić information content (AvgIpc) is 2.90. The number of amides is 1. The van der Waals surface area contributed by atoms with Gasteiger partial charge in [-0.1, -0.05) is 0 Å². The van der Waals surface area contributed by atoms with Crippen LogP contribution in [0.15, 0.2) is 24.5 Å². The van der Waals surface area contributed by atoms with E-state index >= 15 is 0 Å². The highest BCUT2D eigenvalue weighted by atomic mass is 16.6. The van der Waals surface area contributed by atoms with E-state index in [4.69, 9.17) is 4.74 Å². The Kier molecular flexibility index (Phi) is 3.85. The number of carbonyl (C=O) groups is 1. The zero-order chi connectivity index (χ0) is 15.9. The van der Waals surface area contributed by atoms with Crippen LogP contribution >= 0.6 is 0 Å². The highest BCUT2D eigenvalue weighted by Crippen LogP contribution is 2.46. The molecule has 3 atom stereocenters. The number of carbonyl (C=O) groups excluding carboxylic acids is 1. The van der Waals surface area contributed by atoms with Crippen LogP contribution in [-0.2, 0) is 4.74 Å². The Balaban J connectivity index is 1.48. The Morgan fingerprint density at radius 3 is 2.45 bits per heavy atom. The average molecular weight is 303 g/mol. The van der Waals surface area contributed by atoms with Gasteiger partial charge in [-0.15, -0.1) is 0 Å². The van der Waals surface area contributed by atoms with Crippen LogP contribution in [0, 0.1) is 11.8 Å². The molecule has 5 heteroatoms. The fourth-order valence-corrected chi connectivity index (χ4v) is 3.29. The molecule has 1 saturated heterocycles. The molecule has 22 heavy (non-hydrogen) atoms. The summed E-state index contributed by atoms with van der Waals surface area (Å²) in [7, 11) is 0. The topological polar surface area (TPSA) is 54.5 Å². The van der Waals surface area contributed by atoms with Gasteiger partial charge in [0, 0.05) is 37.6 Å². The molecule has 1 aliphatic heterocycles. The monoisotopic (exact) mass is 303 g/mol. The second kappa shape index (κ2) is 5.54. The largest absolute Gasteiger partial charge is 0.444 e. The highest BCUT2D eigenvalue weighted by Gasteiger charge is 2.57. The SMILES string of the molecule is CC(NC1C2CN(C(=O)OC(C)(C)C)CC21)c1ccncc1. The lowest BCUT2D eigenvalue weighted by Crippen LogP contribution is -2.39. The fraction of sp³-hybridized carbons (Fsp3) is 0.647. The van der Waals surface area contributed by atoms with Crippen LogP contribution in [-0.4, -0.2) is 40.7 Å². The van der Waals surface area contributed by atoms with Crippen molar-refractivity contribution in [3.8, 4) is 0 Å². The van der Waals surface area contributed by atoms with Crippen molar-refractivity contribution in [1.29, 1.82) is 0 Å². The first kappa shape index (κ1) is 15.3. The molecule has 1 aromatic heterocycles. The zero-order valence-electron chi connectivity index (χ0n) is 13.7. The van der Waals surface area contributed by atoms with Crippen molar-refractivity contribution >= 4 is 6.09 Å². The van der Waals surface area contributed by atoms with Crippen LogP contribution in [0.25, 0.3) is 0 Å². The van der Waals surface area contributed by atoms with E-state index in [1.807, 2.05) is 50.2 Å². The summed E-state index contributed by atoms with van der Waals surface area (Å²) in [6.45, 7) is 9.50. The molecule has 3 rings (SSSR count). The number of rotatable bonds is 3. The summed E-state index contributed by atoms with van der Waals surface area (Å²) in [4.78, 5) is 17.9. The minimum atomic E-state index is -0.419. The third-order valence-corrected chi connectivity index (χ3v) is 4.49. The fourth-order valence-electron chi connectivity index (χ4n) is 3.29. The van der Waals surface area contributed by atoms with Crippen molar-refractivity contribution in [2.24, 2.45) is 11.8 Å². The van der Waals surface area contributed by atoms with Crippen LogP contribution in [0.2, 0.25) is 0 Å². The number of nitrogens with one attached hydrogen (secondary N) is 1. The zero-order valence-corrected chi connectivity index (χ0v) is 13.7. The molecule has 120 valence electrons. The molecule has 1 aliphatic carbocycles. The Hall–Kier alpha value is -1.62. The number of piperidine rings is 1. The van der Waals surface area contributed by atoms with E-state index in [-0.39, 0.29) is 6.09 Å². The van der Waals surface area contributed by atoms with Crippen LogP contribution in [0.5, 0.6) is 0 Å². The number of hydrogen-bond acceptors (Lipinski definition) is 4. The normalized spacial score (nSPS) is 28.2. The summed E-state index contributed by atoms with van der Waals surface area (Å²) in [6, 6.07) is 4.92. The lowest BCUT2D eigenvalue weighted by Gasteiger charge is -2.26. The van der Waals surface area contributed by atoms with Gasteiger partial charge >= 0.3 is 6.09 Å². The predicted molar refractivity (Wildman–Crippen MR) is 84.4 cm³/mol. The Labute approximate surface area is 132 Å². The Morgan fingerprint density at radius 2 is 1.91 bits per heavy atom. The maximum atomic E-state index is 12.1. The van der Waals surface area contributed by atoms with Crippen molar-refractivity contribution in [1.82, 2.24) is 15.2 Å². The molecule has 1 aromatic rings. The lowest BCUT2D eigenvalue weighted by molar-refractivity contribution is 0.0269. The van der Waals surface area contributed by atoms with Crippen molar-refractivity contribution in [3.63, 3.8) is 0 Å². The van der Waals surface area contributed by atoms with Gasteiger partial charge in [0.15, 0.2) is 0 Å².